The van der Waals surface area contributed by atoms with Gasteiger partial charge in [0.25, 0.3) is 0 Å². The zero-order valence-corrected chi connectivity index (χ0v) is 10.2. The molecular weight excluding hydrogens is 255 g/mol. The Labute approximate surface area is 106 Å². The van der Waals surface area contributed by atoms with Crippen molar-refractivity contribution in [2.45, 2.75) is 0 Å². The van der Waals surface area contributed by atoms with Crippen LogP contribution in [0.3, 0.4) is 0 Å². The third-order valence-electron chi connectivity index (χ3n) is 2.51. The van der Waals surface area contributed by atoms with Gasteiger partial charge < -0.3 is 10.5 Å². The summed E-state index contributed by atoms with van der Waals surface area (Å²) in [4.78, 5) is 5.01. The number of benzene rings is 1. The molecule has 0 aliphatic carbocycles. The van der Waals surface area contributed by atoms with Crippen molar-refractivity contribution in [2.24, 2.45) is 0 Å². The van der Waals surface area contributed by atoms with E-state index < -0.39 is 5.82 Å². The van der Waals surface area contributed by atoms with Gasteiger partial charge in [-0.2, -0.15) is 0 Å². The Hall–Kier alpha value is -2.15. The van der Waals surface area contributed by atoms with E-state index in [9.17, 15) is 4.39 Å². The number of ether oxygens (including phenoxy) is 1. The molecule has 0 bridgehead atoms. The maximum atomic E-state index is 13.6. The van der Waals surface area contributed by atoms with Gasteiger partial charge in [-0.05, 0) is 18.2 Å². The number of hydrogen-bond acceptors (Lipinski definition) is 5. The number of nitrogens with zero attached hydrogens (tertiary/aromatic N) is 3. The first-order chi connectivity index (χ1) is 8.67. The van der Waals surface area contributed by atoms with Crippen molar-refractivity contribution in [2.75, 3.05) is 12.8 Å². The SMILES string of the molecule is COc1ccc(-c2cn3nc(N)sc3n2)cc1F. The van der Waals surface area contributed by atoms with Crippen LogP contribution in [-0.2, 0) is 0 Å². The zero-order valence-electron chi connectivity index (χ0n) is 9.42. The summed E-state index contributed by atoms with van der Waals surface area (Å²) in [5.74, 6) is -0.207. The molecule has 0 aliphatic heterocycles. The summed E-state index contributed by atoms with van der Waals surface area (Å²) >= 11 is 1.28. The van der Waals surface area contributed by atoms with E-state index in [0.29, 0.717) is 21.3 Å². The largest absolute Gasteiger partial charge is 0.494 e. The topological polar surface area (TPSA) is 65.4 Å². The summed E-state index contributed by atoms with van der Waals surface area (Å²) < 4.78 is 20.0. The lowest BCUT2D eigenvalue weighted by Crippen LogP contribution is -1.89. The number of fused-ring (bicyclic) bond motifs is 1. The molecule has 92 valence electrons. The maximum Gasteiger partial charge on any atom is 0.214 e. The number of hydrogen-bond donors (Lipinski definition) is 1. The molecule has 3 aromatic rings. The average Bonchev–Trinajstić information content (AvgIpc) is 2.85. The molecule has 1 aromatic carbocycles. The van der Waals surface area contributed by atoms with Gasteiger partial charge in [0, 0.05) is 5.56 Å². The van der Waals surface area contributed by atoms with Gasteiger partial charge in [0.2, 0.25) is 10.1 Å². The molecule has 2 heterocycles. The number of anilines is 1. The minimum absolute atomic E-state index is 0.210. The Kier molecular flexibility index (Phi) is 2.41. The van der Waals surface area contributed by atoms with E-state index in [1.165, 1.54) is 24.5 Å². The molecule has 0 amide bonds. The second kappa shape index (κ2) is 3.95. The second-order valence-electron chi connectivity index (χ2n) is 3.64. The molecule has 2 aromatic heterocycles. The zero-order chi connectivity index (χ0) is 12.7. The molecule has 2 N–H and O–H groups in total. The van der Waals surface area contributed by atoms with E-state index in [2.05, 4.69) is 10.1 Å². The molecule has 0 radical (unpaired) electrons. The molecule has 18 heavy (non-hydrogen) atoms. The quantitative estimate of drug-likeness (QED) is 0.770. The summed E-state index contributed by atoms with van der Waals surface area (Å²) in [6, 6.07) is 4.70. The van der Waals surface area contributed by atoms with Gasteiger partial charge in [0.05, 0.1) is 19.0 Å². The molecule has 0 fully saturated rings. The molecule has 0 saturated carbocycles. The van der Waals surface area contributed by atoms with Crippen LogP contribution in [-0.4, -0.2) is 21.7 Å². The van der Waals surface area contributed by atoms with Crippen molar-refractivity contribution in [1.29, 1.82) is 0 Å². The lowest BCUT2D eigenvalue weighted by Gasteiger charge is -2.02. The van der Waals surface area contributed by atoms with E-state index >= 15 is 0 Å². The average molecular weight is 264 g/mol. The summed E-state index contributed by atoms with van der Waals surface area (Å²) in [5.41, 5.74) is 6.88. The fraction of sp³-hybridized carbons (Fsp3) is 0.0909. The highest BCUT2D eigenvalue weighted by Gasteiger charge is 2.10. The molecule has 0 unspecified atom stereocenters. The van der Waals surface area contributed by atoms with Crippen LogP contribution in [0.1, 0.15) is 0 Å². The van der Waals surface area contributed by atoms with E-state index in [1.807, 2.05) is 0 Å². The Bertz CT molecular complexity index is 689. The second-order valence-corrected chi connectivity index (χ2v) is 4.63. The number of aromatic nitrogens is 3. The molecule has 0 saturated heterocycles. The van der Waals surface area contributed by atoms with Crippen LogP contribution >= 0.6 is 11.3 Å². The standard InChI is InChI=1S/C11H9FN4OS/c1-17-9-3-2-6(4-7(9)12)8-5-16-11(14-8)18-10(13)15-16/h2-5H,1H3,(H2,13,15). The minimum atomic E-state index is -0.418. The first-order valence-corrected chi connectivity index (χ1v) is 5.94. The van der Waals surface area contributed by atoms with Gasteiger partial charge in [0.15, 0.2) is 11.6 Å². The van der Waals surface area contributed by atoms with Crippen LogP contribution in [0.5, 0.6) is 5.75 Å². The molecule has 0 spiro atoms. The van der Waals surface area contributed by atoms with Crippen LogP contribution in [0, 0.1) is 5.82 Å². The Morgan fingerprint density at radius 3 is 2.94 bits per heavy atom. The first kappa shape index (κ1) is 11.0. The van der Waals surface area contributed by atoms with Gasteiger partial charge in [-0.15, -0.1) is 5.10 Å². The van der Waals surface area contributed by atoms with Gasteiger partial charge in [-0.3, -0.25) is 0 Å². The summed E-state index contributed by atoms with van der Waals surface area (Å²) in [5, 5.41) is 4.50. The number of nitrogen functional groups attached to an aromatic ring is 1. The van der Waals surface area contributed by atoms with Crippen LogP contribution in [0.25, 0.3) is 16.2 Å². The highest BCUT2D eigenvalue weighted by Crippen LogP contribution is 2.26. The minimum Gasteiger partial charge on any atom is -0.494 e. The van der Waals surface area contributed by atoms with Crippen molar-refractivity contribution in [3.8, 4) is 17.0 Å². The lowest BCUT2D eigenvalue weighted by atomic mass is 10.1. The van der Waals surface area contributed by atoms with Gasteiger partial charge in [-0.25, -0.2) is 13.9 Å². The third-order valence-corrected chi connectivity index (χ3v) is 3.26. The number of halogens is 1. The lowest BCUT2D eigenvalue weighted by molar-refractivity contribution is 0.386. The smallest absolute Gasteiger partial charge is 0.214 e. The highest BCUT2D eigenvalue weighted by atomic mass is 32.1. The van der Waals surface area contributed by atoms with Crippen LogP contribution in [0.2, 0.25) is 0 Å². The molecular formula is C11H9FN4OS. The summed E-state index contributed by atoms with van der Waals surface area (Å²) in [7, 11) is 1.43. The van der Waals surface area contributed by atoms with Crippen LogP contribution in [0.4, 0.5) is 9.52 Å². The van der Waals surface area contributed by atoms with E-state index in [1.54, 1.807) is 22.8 Å². The molecule has 5 nitrogen and oxygen atoms in total. The van der Waals surface area contributed by atoms with Gasteiger partial charge >= 0.3 is 0 Å². The van der Waals surface area contributed by atoms with Crippen LogP contribution < -0.4 is 10.5 Å². The highest BCUT2D eigenvalue weighted by molar-refractivity contribution is 7.20. The Morgan fingerprint density at radius 2 is 2.28 bits per heavy atom. The number of nitrogens with two attached hydrogens (primary N) is 1. The normalized spacial score (nSPS) is 11.0. The third kappa shape index (κ3) is 1.68. The summed E-state index contributed by atoms with van der Waals surface area (Å²) in [6.45, 7) is 0. The van der Waals surface area contributed by atoms with Crippen molar-refractivity contribution in [1.82, 2.24) is 14.6 Å². The monoisotopic (exact) mass is 264 g/mol. The molecule has 3 rings (SSSR count). The summed E-state index contributed by atoms with van der Waals surface area (Å²) in [6.07, 6.45) is 1.71. The van der Waals surface area contributed by atoms with Crippen molar-refractivity contribution in [3.63, 3.8) is 0 Å². The van der Waals surface area contributed by atoms with Crippen molar-refractivity contribution < 1.29 is 9.13 Å². The Balaban J connectivity index is 2.08. The molecule has 7 heteroatoms. The predicted molar refractivity (Wildman–Crippen MR) is 67.2 cm³/mol. The molecule has 0 aliphatic rings. The van der Waals surface area contributed by atoms with Crippen LogP contribution in [0.15, 0.2) is 24.4 Å². The van der Waals surface area contributed by atoms with E-state index in [0.717, 1.165) is 0 Å². The molecule has 0 atom stereocenters. The number of imidazole rings is 1. The first-order valence-electron chi connectivity index (χ1n) is 5.13. The van der Waals surface area contributed by atoms with Gasteiger partial charge in [-0.1, -0.05) is 11.3 Å². The van der Waals surface area contributed by atoms with E-state index in [4.69, 9.17) is 10.5 Å². The van der Waals surface area contributed by atoms with Gasteiger partial charge in [0.1, 0.15) is 0 Å². The van der Waals surface area contributed by atoms with Crippen molar-refractivity contribution in [3.05, 3.63) is 30.2 Å². The van der Waals surface area contributed by atoms with E-state index in [-0.39, 0.29) is 5.75 Å². The fourth-order valence-electron chi connectivity index (χ4n) is 1.68. The maximum absolute atomic E-state index is 13.6. The Morgan fingerprint density at radius 1 is 1.44 bits per heavy atom. The van der Waals surface area contributed by atoms with Crippen molar-refractivity contribution >= 4 is 21.4 Å². The number of methoxy groups -OCH3 is 1. The number of rotatable bonds is 2. The predicted octanol–water partition coefficient (Wildman–Crippen LogP) is 2.19. The fourth-order valence-corrected chi connectivity index (χ4v) is 2.33.